The summed E-state index contributed by atoms with van der Waals surface area (Å²) in [7, 11) is 0. The van der Waals surface area contributed by atoms with Gasteiger partial charge in [-0.15, -0.1) is 0 Å². The van der Waals surface area contributed by atoms with Gasteiger partial charge in [0.15, 0.2) is 0 Å². The molecular formula is C24H20Se. The van der Waals surface area contributed by atoms with Crippen LogP contribution in [0, 0.1) is 0 Å². The van der Waals surface area contributed by atoms with Gasteiger partial charge in [0.25, 0.3) is 0 Å². The summed E-state index contributed by atoms with van der Waals surface area (Å²) in [6.07, 6.45) is 2.20. The molecule has 0 unspecified atom stereocenters. The van der Waals surface area contributed by atoms with Crippen LogP contribution < -0.4 is 0 Å². The van der Waals surface area contributed by atoms with Crippen LogP contribution in [0.3, 0.4) is 0 Å². The van der Waals surface area contributed by atoms with Gasteiger partial charge in [-0.2, -0.15) is 0 Å². The maximum absolute atomic E-state index is 2.49. The number of hydrogen-bond donors (Lipinski definition) is 0. The normalized spacial score (nSPS) is 10.7. The minimum atomic E-state index is 0.401. The Morgan fingerprint density at radius 2 is 1.12 bits per heavy atom. The van der Waals surface area contributed by atoms with Crippen LogP contribution in [0.2, 0.25) is 0 Å². The fourth-order valence-corrected chi connectivity index (χ4v) is 5.61. The van der Waals surface area contributed by atoms with Gasteiger partial charge in [0, 0.05) is 0 Å². The summed E-state index contributed by atoms with van der Waals surface area (Å²) in [6.45, 7) is 0. The molecule has 0 atom stereocenters. The second-order valence-corrected chi connectivity index (χ2v) is 8.03. The Kier molecular flexibility index (Phi) is 4.97. The van der Waals surface area contributed by atoms with Crippen molar-refractivity contribution < 1.29 is 0 Å². The van der Waals surface area contributed by atoms with Crippen LogP contribution in [0.4, 0.5) is 0 Å². The molecule has 0 nitrogen and oxygen atoms in total. The summed E-state index contributed by atoms with van der Waals surface area (Å²) in [5.74, 6) is 0. The summed E-state index contributed by atoms with van der Waals surface area (Å²) in [6, 6.07) is 32.5. The molecule has 0 saturated carbocycles. The first-order valence-electron chi connectivity index (χ1n) is 8.67. The molecule has 0 saturated heterocycles. The molecule has 1 heterocycles. The van der Waals surface area contributed by atoms with E-state index >= 15 is 0 Å². The predicted molar refractivity (Wildman–Crippen MR) is 108 cm³/mol. The second-order valence-electron chi connectivity index (χ2n) is 6.18. The summed E-state index contributed by atoms with van der Waals surface area (Å²) in [5.41, 5.74) is 7.10. The van der Waals surface area contributed by atoms with Crippen LogP contribution in [0.15, 0.2) is 95.9 Å². The molecule has 0 spiro atoms. The molecular weight excluding hydrogens is 367 g/mol. The number of rotatable bonds is 5. The van der Waals surface area contributed by atoms with E-state index in [1.807, 2.05) is 0 Å². The molecule has 122 valence electrons. The Bertz CT molecular complexity index is 922. The van der Waals surface area contributed by atoms with E-state index in [9.17, 15) is 0 Å². The van der Waals surface area contributed by atoms with Crippen molar-refractivity contribution in [2.24, 2.45) is 0 Å². The number of benzene rings is 3. The van der Waals surface area contributed by atoms with Crippen molar-refractivity contribution in [3.05, 3.63) is 107 Å². The summed E-state index contributed by atoms with van der Waals surface area (Å²) < 4.78 is 1.52. The van der Waals surface area contributed by atoms with Gasteiger partial charge < -0.3 is 0 Å². The Labute approximate surface area is 155 Å². The first-order chi connectivity index (χ1) is 12.4. The SMILES string of the molecule is c1ccc(CCc2c[se]c(-c3ccccc3)c2-c2ccccc2)cc1. The van der Waals surface area contributed by atoms with Gasteiger partial charge in [-0.1, -0.05) is 0 Å². The van der Waals surface area contributed by atoms with Crippen molar-refractivity contribution in [3.8, 4) is 21.1 Å². The number of hydrogen-bond acceptors (Lipinski definition) is 0. The molecule has 0 amide bonds. The van der Waals surface area contributed by atoms with Crippen molar-refractivity contribution in [2.75, 3.05) is 0 Å². The topological polar surface area (TPSA) is 0 Å². The molecule has 4 rings (SSSR count). The average Bonchev–Trinajstić information content (AvgIpc) is 3.12. The average molecular weight is 387 g/mol. The molecule has 0 aliphatic carbocycles. The van der Waals surface area contributed by atoms with Gasteiger partial charge in [-0.05, 0) is 0 Å². The predicted octanol–water partition coefficient (Wildman–Crippen LogP) is 5.86. The van der Waals surface area contributed by atoms with Crippen LogP contribution in [0.5, 0.6) is 0 Å². The summed E-state index contributed by atoms with van der Waals surface area (Å²) in [5, 5.41) is 0. The van der Waals surface area contributed by atoms with Crippen molar-refractivity contribution in [1.29, 1.82) is 0 Å². The molecule has 1 heteroatoms. The standard InChI is InChI=1S/C24H20Se/c1-4-10-19(11-5-1)16-17-22-18-25-24(21-14-8-3-9-15-21)23(22)20-12-6-2-7-13-20/h1-15,18H,16-17H2. The number of aryl methyl sites for hydroxylation is 2. The monoisotopic (exact) mass is 388 g/mol. The van der Waals surface area contributed by atoms with Crippen LogP contribution in [-0.4, -0.2) is 14.5 Å². The Morgan fingerprint density at radius 3 is 1.76 bits per heavy atom. The van der Waals surface area contributed by atoms with Gasteiger partial charge >= 0.3 is 156 Å². The first-order valence-corrected chi connectivity index (χ1v) is 10.5. The quantitative estimate of drug-likeness (QED) is 0.376. The van der Waals surface area contributed by atoms with Crippen molar-refractivity contribution in [1.82, 2.24) is 0 Å². The first kappa shape index (κ1) is 16.1. The molecule has 0 aliphatic rings. The van der Waals surface area contributed by atoms with Gasteiger partial charge in [0.2, 0.25) is 0 Å². The summed E-state index contributed by atoms with van der Waals surface area (Å²) >= 11 is 0.401. The molecule has 0 aliphatic heterocycles. The molecule has 0 N–H and O–H groups in total. The van der Waals surface area contributed by atoms with Crippen molar-refractivity contribution in [2.45, 2.75) is 12.8 Å². The van der Waals surface area contributed by atoms with E-state index in [1.54, 1.807) is 0 Å². The zero-order valence-corrected chi connectivity index (χ0v) is 15.8. The van der Waals surface area contributed by atoms with Crippen LogP contribution in [0.1, 0.15) is 11.1 Å². The molecule has 1 aromatic heterocycles. The molecule has 25 heavy (non-hydrogen) atoms. The third-order valence-corrected chi connectivity index (χ3v) is 6.75. The van der Waals surface area contributed by atoms with Crippen LogP contribution >= 0.6 is 0 Å². The molecule has 0 bridgehead atoms. The third-order valence-electron chi connectivity index (χ3n) is 4.49. The molecule has 0 fully saturated rings. The third kappa shape index (κ3) is 3.69. The zero-order valence-electron chi connectivity index (χ0n) is 14.1. The van der Waals surface area contributed by atoms with Crippen molar-refractivity contribution >= 4 is 14.5 Å². The van der Waals surface area contributed by atoms with E-state index in [2.05, 4.69) is 95.9 Å². The van der Waals surface area contributed by atoms with E-state index in [0.717, 1.165) is 12.8 Å². The molecule has 3 aromatic carbocycles. The maximum atomic E-state index is 2.49. The van der Waals surface area contributed by atoms with E-state index in [1.165, 1.54) is 32.3 Å². The zero-order chi connectivity index (χ0) is 16.9. The summed E-state index contributed by atoms with van der Waals surface area (Å²) in [4.78, 5) is 2.49. The van der Waals surface area contributed by atoms with Crippen LogP contribution in [-0.2, 0) is 12.8 Å². The van der Waals surface area contributed by atoms with E-state index in [4.69, 9.17) is 0 Å². The fourth-order valence-electron chi connectivity index (χ4n) is 3.22. The molecule has 0 radical (unpaired) electrons. The van der Waals surface area contributed by atoms with E-state index in [-0.39, 0.29) is 0 Å². The minimum absolute atomic E-state index is 0.401. The molecule has 4 aromatic rings. The second kappa shape index (κ2) is 7.70. The van der Waals surface area contributed by atoms with Crippen molar-refractivity contribution in [3.63, 3.8) is 0 Å². The van der Waals surface area contributed by atoms with Gasteiger partial charge in [-0.25, -0.2) is 0 Å². The van der Waals surface area contributed by atoms with E-state index in [0.29, 0.717) is 14.5 Å². The fraction of sp³-hybridized carbons (Fsp3) is 0.0833. The van der Waals surface area contributed by atoms with E-state index < -0.39 is 0 Å². The Morgan fingerprint density at radius 1 is 0.560 bits per heavy atom. The van der Waals surface area contributed by atoms with Gasteiger partial charge in [0.05, 0.1) is 0 Å². The Balaban J connectivity index is 1.73. The Hall–Kier alpha value is -2.34. The van der Waals surface area contributed by atoms with Crippen LogP contribution in [0.25, 0.3) is 21.1 Å². The van der Waals surface area contributed by atoms with Gasteiger partial charge in [0.1, 0.15) is 0 Å². The van der Waals surface area contributed by atoms with Gasteiger partial charge in [-0.3, -0.25) is 0 Å².